The van der Waals surface area contributed by atoms with E-state index in [0.29, 0.717) is 12.8 Å². The maximum Gasteiger partial charge on any atom is 0.240 e. The highest BCUT2D eigenvalue weighted by molar-refractivity contribution is 5.95. The van der Waals surface area contributed by atoms with E-state index in [1.807, 2.05) is 43.0 Å². The molecule has 1 aromatic carbocycles. The molecule has 0 spiro atoms. The molecular weight excluding hydrogens is 326 g/mol. The summed E-state index contributed by atoms with van der Waals surface area (Å²) in [7, 11) is 0. The normalized spacial score (nSPS) is 17.8. The van der Waals surface area contributed by atoms with Crippen LogP contribution in [0.1, 0.15) is 58.1 Å². The average Bonchev–Trinajstić information content (AvgIpc) is 2.93. The Morgan fingerprint density at radius 2 is 2.17 bits per heavy atom. The smallest absolute Gasteiger partial charge is 0.240 e. The van der Waals surface area contributed by atoms with Crippen LogP contribution < -0.4 is 16.0 Å². The number of nitrogens with one attached hydrogen (secondary N) is 1. The quantitative estimate of drug-likeness (QED) is 0.825. The van der Waals surface area contributed by atoms with Crippen molar-refractivity contribution in [3.63, 3.8) is 0 Å². The summed E-state index contributed by atoms with van der Waals surface area (Å²) in [6, 6.07) is 7.64. The number of hydrogen-bond donors (Lipinski definition) is 2. The van der Waals surface area contributed by atoms with Crippen LogP contribution >= 0.6 is 12.4 Å². The molecule has 1 aliphatic heterocycles. The van der Waals surface area contributed by atoms with Gasteiger partial charge in [0.25, 0.3) is 0 Å². The van der Waals surface area contributed by atoms with Gasteiger partial charge in [-0.25, -0.2) is 0 Å². The van der Waals surface area contributed by atoms with E-state index in [1.165, 1.54) is 0 Å². The minimum absolute atomic E-state index is 0. The van der Waals surface area contributed by atoms with Crippen LogP contribution in [0.5, 0.6) is 0 Å². The van der Waals surface area contributed by atoms with E-state index in [1.54, 1.807) is 6.92 Å². The zero-order valence-electron chi connectivity index (χ0n) is 14.7. The predicted octanol–water partition coefficient (Wildman–Crippen LogP) is 2.93. The van der Waals surface area contributed by atoms with Crippen LogP contribution in [0.25, 0.3) is 0 Å². The van der Waals surface area contributed by atoms with Gasteiger partial charge in [0, 0.05) is 18.7 Å². The molecule has 134 valence electrons. The van der Waals surface area contributed by atoms with Gasteiger partial charge in [0.1, 0.15) is 0 Å². The summed E-state index contributed by atoms with van der Waals surface area (Å²) in [6.07, 6.45) is 3.02. The number of nitrogens with zero attached hydrogens (tertiary/aromatic N) is 1. The minimum Gasteiger partial charge on any atom is -0.348 e. The Morgan fingerprint density at radius 1 is 1.46 bits per heavy atom. The van der Waals surface area contributed by atoms with Crippen molar-refractivity contribution in [1.29, 1.82) is 0 Å². The fourth-order valence-corrected chi connectivity index (χ4v) is 2.96. The summed E-state index contributed by atoms with van der Waals surface area (Å²) in [5, 5.41) is 2.98. The number of amides is 2. The van der Waals surface area contributed by atoms with E-state index in [-0.39, 0.29) is 30.3 Å². The minimum atomic E-state index is -0.856. The Morgan fingerprint density at radius 3 is 2.75 bits per heavy atom. The Balaban J connectivity index is 0.00000288. The van der Waals surface area contributed by atoms with E-state index < -0.39 is 5.54 Å². The molecule has 1 aliphatic rings. The number of nitrogens with two attached hydrogens (primary N) is 1. The number of carbonyl (C=O) groups excluding carboxylic acids is 2. The van der Waals surface area contributed by atoms with Crippen molar-refractivity contribution in [1.82, 2.24) is 5.32 Å². The predicted molar refractivity (Wildman–Crippen MR) is 99.3 cm³/mol. The van der Waals surface area contributed by atoms with Gasteiger partial charge in [-0.15, -0.1) is 12.4 Å². The van der Waals surface area contributed by atoms with Crippen molar-refractivity contribution < 1.29 is 9.59 Å². The molecule has 1 saturated heterocycles. The van der Waals surface area contributed by atoms with Gasteiger partial charge in [-0.05, 0) is 44.4 Å². The molecule has 2 rings (SSSR count). The molecule has 0 aliphatic carbocycles. The number of benzene rings is 1. The summed E-state index contributed by atoms with van der Waals surface area (Å²) in [5.74, 6) is 0.0193. The highest BCUT2D eigenvalue weighted by Gasteiger charge is 2.28. The lowest BCUT2D eigenvalue weighted by Crippen LogP contribution is -2.52. The lowest BCUT2D eigenvalue weighted by atomic mass is 9.95. The van der Waals surface area contributed by atoms with Crippen LogP contribution in [0.3, 0.4) is 0 Å². The third-order valence-corrected chi connectivity index (χ3v) is 4.39. The zero-order valence-corrected chi connectivity index (χ0v) is 15.5. The van der Waals surface area contributed by atoms with Crippen molar-refractivity contribution in [2.24, 2.45) is 5.73 Å². The Labute approximate surface area is 150 Å². The maximum atomic E-state index is 12.3. The Hall–Kier alpha value is -1.59. The van der Waals surface area contributed by atoms with Gasteiger partial charge in [0.05, 0.1) is 11.6 Å². The van der Waals surface area contributed by atoms with Gasteiger partial charge in [0.15, 0.2) is 0 Å². The van der Waals surface area contributed by atoms with Crippen LogP contribution in [0.4, 0.5) is 5.69 Å². The molecule has 24 heavy (non-hydrogen) atoms. The summed E-state index contributed by atoms with van der Waals surface area (Å²) in [4.78, 5) is 26.0. The summed E-state index contributed by atoms with van der Waals surface area (Å²) < 4.78 is 0. The molecule has 0 aromatic heterocycles. The fraction of sp³-hybridized carbons (Fsp3) is 0.556. The lowest BCUT2D eigenvalue weighted by molar-refractivity contribution is -0.126. The van der Waals surface area contributed by atoms with Gasteiger partial charge in [-0.1, -0.05) is 25.5 Å². The highest BCUT2D eigenvalue weighted by atomic mass is 35.5. The van der Waals surface area contributed by atoms with Crippen molar-refractivity contribution in [3.8, 4) is 0 Å². The molecule has 5 nitrogen and oxygen atoms in total. The topological polar surface area (TPSA) is 75.4 Å². The number of carbonyl (C=O) groups is 2. The molecule has 2 amide bonds. The Bertz CT molecular complexity index is 589. The third-order valence-electron chi connectivity index (χ3n) is 4.39. The molecule has 1 aromatic rings. The molecule has 2 atom stereocenters. The molecule has 0 bridgehead atoms. The fourth-order valence-electron chi connectivity index (χ4n) is 2.96. The van der Waals surface area contributed by atoms with Crippen LogP contribution in [-0.4, -0.2) is 23.9 Å². The van der Waals surface area contributed by atoms with Crippen molar-refractivity contribution in [2.45, 2.75) is 58.0 Å². The lowest BCUT2D eigenvalue weighted by Gasteiger charge is -2.26. The van der Waals surface area contributed by atoms with E-state index in [4.69, 9.17) is 5.73 Å². The zero-order chi connectivity index (χ0) is 17.0. The molecule has 0 saturated carbocycles. The van der Waals surface area contributed by atoms with Gasteiger partial charge in [-0.3, -0.25) is 9.59 Å². The first-order valence-electron chi connectivity index (χ1n) is 8.35. The van der Waals surface area contributed by atoms with Crippen LogP contribution in [0, 0.1) is 0 Å². The summed E-state index contributed by atoms with van der Waals surface area (Å²) >= 11 is 0. The maximum absolute atomic E-state index is 12.3. The van der Waals surface area contributed by atoms with Gasteiger partial charge < -0.3 is 16.0 Å². The molecule has 1 fully saturated rings. The largest absolute Gasteiger partial charge is 0.348 e. The SMILES string of the molecule is CCCC(C)(N)C(=O)NC(C)c1cccc(N2CCCC2=O)c1.Cl. The first-order chi connectivity index (χ1) is 10.8. The summed E-state index contributed by atoms with van der Waals surface area (Å²) in [6.45, 7) is 6.47. The van der Waals surface area contributed by atoms with Crippen molar-refractivity contribution >= 4 is 29.9 Å². The van der Waals surface area contributed by atoms with Crippen LogP contribution in [0.2, 0.25) is 0 Å². The number of anilines is 1. The van der Waals surface area contributed by atoms with Gasteiger partial charge in [0.2, 0.25) is 11.8 Å². The monoisotopic (exact) mass is 353 g/mol. The highest BCUT2D eigenvalue weighted by Crippen LogP contribution is 2.25. The second-order valence-corrected chi connectivity index (χ2v) is 6.61. The first kappa shape index (κ1) is 20.5. The molecule has 1 heterocycles. The van der Waals surface area contributed by atoms with Crippen LogP contribution in [-0.2, 0) is 9.59 Å². The molecule has 3 N–H and O–H groups in total. The second kappa shape index (κ2) is 8.49. The van der Waals surface area contributed by atoms with E-state index in [2.05, 4.69) is 5.32 Å². The van der Waals surface area contributed by atoms with E-state index >= 15 is 0 Å². The van der Waals surface area contributed by atoms with Crippen LogP contribution in [0.15, 0.2) is 24.3 Å². The number of rotatable bonds is 6. The van der Waals surface area contributed by atoms with Crippen molar-refractivity contribution in [3.05, 3.63) is 29.8 Å². The average molecular weight is 354 g/mol. The second-order valence-electron chi connectivity index (χ2n) is 6.61. The van der Waals surface area contributed by atoms with E-state index in [0.717, 1.165) is 30.6 Å². The molecule has 0 radical (unpaired) electrons. The number of halogens is 1. The third kappa shape index (κ3) is 4.71. The molecule has 6 heteroatoms. The van der Waals surface area contributed by atoms with Gasteiger partial charge in [-0.2, -0.15) is 0 Å². The van der Waals surface area contributed by atoms with Gasteiger partial charge >= 0.3 is 0 Å². The molecular formula is C18H28ClN3O2. The first-order valence-corrected chi connectivity index (χ1v) is 8.35. The number of hydrogen-bond acceptors (Lipinski definition) is 3. The Kier molecular flexibility index (Phi) is 7.24. The summed E-state index contributed by atoms with van der Waals surface area (Å²) in [5.41, 5.74) is 7.10. The van der Waals surface area contributed by atoms with Crippen molar-refractivity contribution in [2.75, 3.05) is 11.4 Å². The molecule has 2 unspecified atom stereocenters. The van der Waals surface area contributed by atoms with E-state index in [9.17, 15) is 9.59 Å². The standard InChI is InChI=1S/C18H27N3O2.ClH/c1-4-10-18(3,19)17(23)20-13(2)14-7-5-8-15(12-14)21-11-6-9-16(21)22;/h5,7-8,12-13H,4,6,9-11,19H2,1-3H3,(H,20,23);1H.